The first kappa shape index (κ1) is 12.3. The predicted octanol–water partition coefficient (Wildman–Crippen LogP) is 1.90. The van der Waals surface area contributed by atoms with Crippen LogP contribution in [0.1, 0.15) is 23.2 Å². The third-order valence-electron chi connectivity index (χ3n) is 2.48. The van der Waals surface area contributed by atoms with Crippen molar-refractivity contribution in [3.05, 3.63) is 39.2 Å². The summed E-state index contributed by atoms with van der Waals surface area (Å²) < 4.78 is 39.5. The molecule has 1 aromatic carbocycles. The first-order chi connectivity index (χ1) is 8.41. The van der Waals surface area contributed by atoms with Crippen molar-refractivity contribution in [3.63, 3.8) is 0 Å². The number of nitro benzene ring substituents is 1. The van der Waals surface area contributed by atoms with Crippen molar-refractivity contribution < 1.29 is 22.9 Å². The lowest BCUT2D eigenvalue weighted by Crippen LogP contribution is -2.27. The topological polar surface area (TPSA) is 72.2 Å². The molecule has 0 aromatic heterocycles. The van der Waals surface area contributed by atoms with Crippen LogP contribution in [0, 0.1) is 27.6 Å². The van der Waals surface area contributed by atoms with Crippen molar-refractivity contribution in [2.45, 2.75) is 18.9 Å². The average Bonchev–Trinajstić information content (AvgIpc) is 3.09. The first-order valence-corrected chi connectivity index (χ1v) is 5.04. The molecule has 1 aliphatic rings. The fourth-order valence-corrected chi connectivity index (χ4v) is 1.38. The zero-order chi connectivity index (χ0) is 13.4. The summed E-state index contributed by atoms with van der Waals surface area (Å²) in [6.45, 7) is 0. The number of nitro groups is 1. The highest BCUT2D eigenvalue weighted by atomic mass is 19.2. The van der Waals surface area contributed by atoms with Gasteiger partial charge in [0.05, 0.1) is 10.5 Å². The molecule has 0 heterocycles. The summed E-state index contributed by atoms with van der Waals surface area (Å²) in [5.74, 6) is -6.65. The fraction of sp³-hybridized carbons (Fsp3) is 0.300. The summed E-state index contributed by atoms with van der Waals surface area (Å²) in [5, 5.41) is 12.8. The first-order valence-electron chi connectivity index (χ1n) is 5.04. The highest BCUT2D eigenvalue weighted by molar-refractivity contribution is 5.95. The Kier molecular flexibility index (Phi) is 2.93. The number of amides is 1. The minimum atomic E-state index is -2.02. The molecule has 1 N–H and O–H groups in total. The molecule has 0 saturated heterocycles. The number of rotatable bonds is 3. The van der Waals surface area contributed by atoms with Gasteiger partial charge in [-0.1, -0.05) is 0 Å². The molecule has 5 nitrogen and oxygen atoms in total. The van der Waals surface area contributed by atoms with Gasteiger partial charge in [-0.3, -0.25) is 14.9 Å². The van der Waals surface area contributed by atoms with E-state index >= 15 is 0 Å². The van der Waals surface area contributed by atoms with Gasteiger partial charge in [-0.05, 0) is 12.8 Å². The summed E-state index contributed by atoms with van der Waals surface area (Å²) in [4.78, 5) is 20.7. The van der Waals surface area contributed by atoms with Crippen molar-refractivity contribution in [1.82, 2.24) is 5.32 Å². The van der Waals surface area contributed by atoms with E-state index in [1.165, 1.54) is 0 Å². The highest BCUT2D eigenvalue weighted by Crippen LogP contribution is 2.26. The highest BCUT2D eigenvalue weighted by Gasteiger charge is 2.31. The summed E-state index contributed by atoms with van der Waals surface area (Å²) in [5.41, 5.74) is -2.14. The van der Waals surface area contributed by atoms with E-state index in [-0.39, 0.29) is 6.04 Å². The lowest BCUT2D eigenvalue weighted by molar-refractivity contribution is -0.387. The number of carbonyl (C=O) groups excluding carboxylic acids is 1. The molecule has 8 heteroatoms. The van der Waals surface area contributed by atoms with E-state index < -0.39 is 39.5 Å². The largest absolute Gasteiger partial charge is 0.349 e. The summed E-state index contributed by atoms with van der Waals surface area (Å²) in [7, 11) is 0. The van der Waals surface area contributed by atoms with Crippen LogP contribution in [-0.4, -0.2) is 16.9 Å². The van der Waals surface area contributed by atoms with Gasteiger partial charge in [0.25, 0.3) is 5.91 Å². The molecule has 1 amide bonds. The van der Waals surface area contributed by atoms with E-state index in [0.717, 1.165) is 0 Å². The molecule has 0 radical (unpaired) electrons. The molecular formula is C10H7F3N2O3. The number of halogens is 3. The van der Waals surface area contributed by atoms with Crippen LogP contribution >= 0.6 is 0 Å². The molecule has 0 spiro atoms. The van der Waals surface area contributed by atoms with E-state index in [2.05, 4.69) is 5.32 Å². The molecule has 1 aromatic rings. The van der Waals surface area contributed by atoms with E-state index in [9.17, 15) is 28.1 Å². The van der Waals surface area contributed by atoms with E-state index in [4.69, 9.17) is 0 Å². The van der Waals surface area contributed by atoms with Crippen molar-refractivity contribution >= 4 is 11.6 Å². The minimum Gasteiger partial charge on any atom is -0.349 e. The second-order valence-electron chi connectivity index (χ2n) is 3.89. The number of hydrogen-bond acceptors (Lipinski definition) is 3. The Labute approximate surface area is 98.7 Å². The fourth-order valence-electron chi connectivity index (χ4n) is 1.38. The third-order valence-corrected chi connectivity index (χ3v) is 2.48. The molecule has 1 aliphatic carbocycles. The molecule has 1 fully saturated rings. The summed E-state index contributed by atoms with van der Waals surface area (Å²) >= 11 is 0. The smallest absolute Gasteiger partial charge is 0.308 e. The van der Waals surface area contributed by atoms with Crippen LogP contribution in [0.2, 0.25) is 0 Å². The van der Waals surface area contributed by atoms with Gasteiger partial charge in [0.2, 0.25) is 11.6 Å². The van der Waals surface area contributed by atoms with Gasteiger partial charge in [-0.2, -0.15) is 4.39 Å². The minimum absolute atomic E-state index is 0.135. The van der Waals surface area contributed by atoms with Crippen molar-refractivity contribution in [3.8, 4) is 0 Å². The van der Waals surface area contributed by atoms with Crippen LogP contribution in [0.5, 0.6) is 0 Å². The molecule has 0 bridgehead atoms. The van der Waals surface area contributed by atoms with Gasteiger partial charge < -0.3 is 5.32 Å². The van der Waals surface area contributed by atoms with E-state index in [1.54, 1.807) is 0 Å². The maximum Gasteiger partial charge on any atom is 0.308 e. The van der Waals surface area contributed by atoms with Crippen LogP contribution in [0.4, 0.5) is 18.9 Å². The number of hydrogen-bond donors (Lipinski definition) is 1. The van der Waals surface area contributed by atoms with Crippen LogP contribution in [-0.2, 0) is 0 Å². The number of nitrogens with one attached hydrogen (secondary N) is 1. The van der Waals surface area contributed by atoms with Gasteiger partial charge >= 0.3 is 5.69 Å². The Hall–Kier alpha value is -2.12. The van der Waals surface area contributed by atoms with Crippen molar-refractivity contribution in [2.75, 3.05) is 0 Å². The van der Waals surface area contributed by atoms with Gasteiger partial charge in [0.1, 0.15) is 0 Å². The van der Waals surface area contributed by atoms with Gasteiger partial charge in [0, 0.05) is 12.1 Å². The number of nitrogens with zero attached hydrogens (tertiary/aromatic N) is 1. The molecule has 1 saturated carbocycles. The number of benzene rings is 1. The summed E-state index contributed by atoms with van der Waals surface area (Å²) in [6, 6.07) is 0.259. The van der Waals surface area contributed by atoms with E-state index in [0.29, 0.717) is 18.9 Å². The van der Waals surface area contributed by atoms with Crippen LogP contribution in [0.25, 0.3) is 0 Å². The van der Waals surface area contributed by atoms with Crippen LogP contribution in [0.15, 0.2) is 6.07 Å². The quantitative estimate of drug-likeness (QED) is 0.512. The van der Waals surface area contributed by atoms with Gasteiger partial charge in [-0.15, -0.1) is 0 Å². The van der Waals surface area contributed by atoms with Crippen LogP contribution < -0.4 is 5.32 Å². The average molecular weight is 260 g/mol. The normalized spacial score (nSPS) is 14.4. The third kappa shape index (κ3) is 2.13. The molecule has 18 heavy (non-hydrogen) atoms. The monoisotopic (exact) mass is 260 g/mol. The SMILES string of the molecule is O=C(NC1CC1)c1cc([N+](=O)[O-])c(F)c(F)c1F. The Morgan fingerprint density at radius 2 is 1.89 bits per heavy atom. The molecule has 0 atom stereocenters. The Morgan fingerprint density at radius 3 is 2.39 bits per heavy atom. The van der Waals surface area contributed by atoms with Crippen molar-refractivity contribution in [2.24, 2.45) is 0 Å². The predicted molar refractivity (Wildman–Crippen MR) is 53.5 cm³/mol. The summed E-state index contributed by atoms with van der Waals surface area (Å²) in [6.07, 6.45) is 1.41. The Bertz CT molecular complexity index is 544. The second-order valence-corrected chi connectivity index (χ2v) is 3.89. The lowest BCUT2D eigenvalue weighted by atomic mass is 10.1. The number of carbonyl (C=O) groups is 1. The lowest BCUT2D eigenvalue weighted by Gasteiger charge is -2.06. The zero-order valence-corrected chi connectivity index (χ0v) is 8.87. The molecule has 2 rings (SSSR count). The Morgan fingerprint density at radius 1 is 1.28 bits per heavy atom. The van der Waals surface area contributed by atoms with Gasteiger partial charge in [0.15, 0.2) is 5.82 Å². The van der Waals surface area contributed by atoms with Crippen LogP contribution in [0.3, 0.4) is 0 Å². The van der Waals surface area contributed by atoms with E-state index in [1.807, 2.05) is 0 Å². The molecule has 0 unspecified atom stereocenters. The zero-order valence-electron chi connectivity index (χ0n) is 8.87. The second kappa shape index (κ2) is 4.28. The molecule has 0 aliphatic heterocycles. The maximum atomic E-state index is 13.3. The maximum absolute atomic E-state index is 13.3. The Balaban J connectivity index is 2.45. The molecular weight excluding hydrogens is 253 g/mol. The molecule has 96 valence electrons. The van der Waals surface area contributed by atoms with Crippen molar-refractivity contribution in [1.29, 1.82) is 0 Å². The standard InChI is InChI=1S/C10H7F3N2O3/c11-7-5(10(16)14-4-1-2-4)3-6(15(17)18)8(12)9(7)13/h3-4H,1-2H2,(H,14,16). The van der Waals surface area contributed by atoms with Gasteiger partial charge in [-0.25, -0.2) is 8.78 Å².